The summed E-state index contributed by atoms with van der Waals surface area (Å²) >= 11 is 6.76. The van der Waals surface area contributed by atoms with Crippen LogP contribution in [0.5, 0.6) is 0 Å². The summed E-state index contributed by atoms with van der Waals surface area (Å²) in [6.07, 6.45) is 8.11. The number of nitrogens with two attached hydrogens (primary N) is 2. The smallest absolute Gasteiger partial charge is 0.342 e. The van der Waals surface area contributed by atoms with E-state index in [2.05, 4.69) is 37.9 Å². The van der Waals surface area contributed by atoms with E-state index >= 15 is 0 Å². The van der Waals surface area contributed by atoms with E-state index < -0.39 is 11.6 Å². The van der Waals surface area contributed by atoms with Crippen LogP contribution in [0.3, 0.4) is 0 Å². The van der Waals surface area contributed by atoms with Crippen LogP contribution in [0.15, 0.2) is 48.1 Å². The van der Waals surface area contributed by atoms with Gasteiger partial charge < -0.3 is 34.9 Å². The largest absolute Gasteiger partial charge is 0.462 e. The molecule has 1 saturated carbocycles. The third-order valence-corrected chi connectivity index (χ3v) is 9.13. The number of esters is 2. The lowest BCUT2D eigenvalue weighted by molar-refractivity contribution is 0.0195. The Bertz CT molecular complexity index is 1730. The van der Waals surface area contributed by atoms with Crippen molar-refractivity contribution >= 4 is 82.7 Å². The third kappa shape index (κ3) is 7.10. The molecule has 2 aromatic heterocycles. The number of anilines is 2. The first-order valence-corrected chi connectivity index (χ1v) is 17.0. The number of fused-ring (bicyclic) bond motifs is 2. The lowest BCUT2D eigenvalue weighted by atomic mass is 9.94. The predicted molar refractivity (Wildman–Crippen MR) is 184 cm³/mol. The molecular weight excluding hydrogens is 708 g/mol. The lowest BCUT2D eigenvalue weighted by Crippen LogP contribution is -2.23. The summed E-state index contributed by atoms with van der Waals surface area (Å²) in [4.78, 5) is 24.7. The molecule has 2 aliphatic rings. The number of allylic oxidation sites excluding steroid dienone is 2. The Hall–Kier alpha value is -3.28. The average molecular weight is 749 g/mol. The molecule has 11 heteroatoms. The monoisotopic (exact) mass is 746 g/mol. The van der Waals surface area contributed by atoms with Crippen LogP contribution in [0.2, 0.25) is 0 Å². The summed E-state index contributed by atoms with van der Waals surface area (Å²) in [7, 11) is 0. The van der Waals surface area contributed by atoms with Crippen molar-refractivity contribution in [3.8, 4) is 0 Å². The van der Waals surface area contributed by atoms with Gasteiger partial charge in [0.25, 0.3) is 0 Å². The number of furan rings is 2. The second kappa shape index (κ2) is 14.9. The second-order valence-electron chi connectivity index (χ2n) is 10.7. The second-order valence-corrected chi connectivity index (χ2v) is 12.4. The maximum absolute atomic E-state index is 12.4. The first-order valence-electron chi connectivity index (χ1n) is 15.4. The third-order valence-electron chi connectivity index (χ3n) is 7.76. The molecule has 0 atom stereocenters. The Balaban J connectivity index is 0.000000194. The number of halogens is 2. The average Bonchev–Trinajstić information content (AvgIpc) is 3.82. The van der Waals surface area contributed by atoms with E-state index in [0.29, 0.717) is 74.5 Å². The van der Waals surface area contributed by atoms with Gasteiger partial charge in [-0.2, -0.15) is 0 Å². The summed E-state index contributed by atoms with van der Waals surface area (Å²) in [5.74, 6) is 0.0957. The van der Waals surface area contributed by atoms with Gasteiger partial charge in [-0.25, -0.2) is 9.59 Å². The van der Waals surface area contributed by atoms with Crippen molar-refractivity contribution in [3.63, 3.8) is 0 Å². The summed E-state index contributed by atoms with van der Waals surface area (Å²) < 4.78 is 23.5. The molecule has 9 nitrogen and oxygen atoms in total. The van der Waals surface area contributed by atoms with E-state index in [0.717, 1.165) is 47.5 Å². The molecule has 0 bridgehead atoms. The summed E-state index contributed by atoms with van der Waals surface area (Å²) in [6.45, 7) is 8.14. The molecule has 6 rings (SSSR count). The highest BCUT2D eigenvalue weighted by atomic mass is 79.9. The standard InChI is InChI=1S/C16H18BrNO4.C16H16BrNO3.C2H6/c1-2-21-15(19)13-9-7-10(17)11(18)8-12(9)22-14(13)16(20)5-3-4-6-16;1-2-20-16(19)14-10-7-11(17)12(18)8-13(10)21-15(14)9-5-3-4-6-9;1-2/h7-8,20H,2-6,18H2,1H3;5,7-8H,2-4,6,18H2,1H3;1-2H3. The molecular formula is C34H40Br2N2O7. The van der Waals surface area contributed by atoms with Crippen molar-refractivity contribution in [2.45, 2.75) is 78.2 Å². The highest BCUT2D eigenvalue weighted by Gasteiger charge is 2.41. The first-order chi connectivity index (χ1) is 21.6. The van der Waals surface area contributed by atoms with Gasteiger partial charge in [0.05, 0.1) is 13.2 Å². The van der Waals surface area contributed by atoms with Gasteiger partial charge in [0.2, 0.25) is 0 Å². The number of carbonyl (C=O) groups excluding carboxylic acids is 2. The van der Waals surface area contributed by atoms with E-state index in [1.54, 1.807) is 32.0 Å². The molecule has 0 spiro atoms. The van der Waals surface area contributed by atoms with Gasteiger partial charge in [-0.15, -0.1) is 0 Å². The van der Waals surface area contributed by atoms with Gasteiger partial charge in [-0.1, -0.05) is 19.9 Å². The number of hydrogen-bond acceptors (Lipinski definition) is 9. The fourth-order valence-electron chi connectivity index (χ4n) is 5.69. The Labute approximate surface area is 279 Å². The fraction of sp³-hybridized carbons (Fsp3) is 0.412. The molecule has 242 valence electrons. The van der Waals surface area contributed by atoms with Crippen molar-refractivity contribution < 1.29 is 33.0 Å². The highest BCUT2D eigenvalue weighted by Crippen LogP contribution is 2.45. The number of carbonyl (C=O) groups is 2. The van der Waals surface area contributed by atoms with Crippen molar-refractivity contribution in [3.05, 3.63) is 61.9 Å². The Kier molecular flexibility index (Phi) is 11.4. The van der Waals surface area contributed by atoms with Crippen molar-refractivity contribution in [2.24, 2.45) is 0 Å². The zero-order valence-corrected chi connectivity index (χ0v) is 29.2. The minimum absolute atomic E-state index is 0.263. The van der Waals surface area contributed by atoms with E-state index in [1.165, 1.54) is 0 Å². The summed E-state index contributed by atoms with van der Waals surface area (Å²) in [6, 6.07) is 6.95. The van der Waals surface area contributed by atoms with Crippen LogP contribution in [0.25, 0.3) is 27.5 Å². The quantitative estimate of drug-likeness (QED) is 0.129. The van der Waals surface area contributed by atoms with Crippen LogP contribution in [0.1, 0.15) is 105 Å². The number of aliphatic hydroxyl groups is 1. The van der Waals surface area contributed by atoms with Crippen LogP contribution in [-0.4, -0.2) is 30.3 Å². The number of hydrogen-bond donors (Lipinski definition) is 3. The molecule has 0 radical (unpaired) electrons. The fourth-order valence-corrected chi connectivity index (χ4v) is 6.38. The molecule has 4 aromatic rings. The molecule has 2 aromatic carbocycles. The SMILES string of the molecule is CC.CCOC(=O)c1c(C2(O)CCCC2)oc2cc(N)c(Br)cc12.CCOC(=O)c1c(C2=CCCC2)oc2cc(N)c(Br)cc12. The molecule has 0 aliphatic heterocycles. The predicted octanol–water partition coefficient (Wildman–Crippen LogP) is 9.26. The molecule has 2 heterocycles. The molecule has 0 unspecified atom stereocenters. The zero-order chi connectivity index (χ0) is 32.9. The van der Waals surface area contributed by atoms with E-state index in [1.807, 2.05) is 19.9 Å². The Morgan fingerprint density at radius 1 is 0.844 bits per heavy atom. The molecule has 0 amide bonds. The zero-order valence-electron chi connectivity index (χ0n) is 26.1. The highest BCUT2D eigenvalue weighted by molar-refractivity contribution is 9.11. The molecule has 5 N–H and O–H groups in total. The van der Waals surface area contributed by atoms with Gasteiger partial charge in [0.15, 0.2) is 5.76 Å². The van der Waals surface area contributed by atoms with Gasteiger partial charge in [0, 0.05) is 43.2 Å². The molecule has 45 heavy (non-hydrogen) atoms. The van der Waals surface area contributed by atoms with E-state index in [9.17, 15) is 14.7 Å². The topological polar surface area (TPSA) is 151 Å². The molecule has 2 aliphatic carbocycles. The van der Waals surface area contributed by atoms with Crippen LogP contribution in [-0.2, 0) is 15.1 Å². The van der Waals surface area contributed by atoms with Crippen molar-refractivity contribution in [1.82, 2.24) is 0 Å². The lowest BCUT2D eigenvalue weighted by Gasteiger charge is -2.20. The first kappa shape index (κ1) is 34.6. The van der Waals surface area contributed by atoms with E-state index in [4.69, 9.17) is 29.8 Å². The van der Waals surface area contributed by atoms with Crippen LogP contribution >= 0.6 is 31.9 Å². The minimum atomic E-state index is -1.11. The number of rotatable bonds is 6. The van der Waals surface area contributed by atoms with Gasteiger partial charge in [0.1, 0.15) is 33.7 Å². The summed E-state index contributed by atoms with van der Waals surface area (Å²) in [5, 5.41) is 12.2. The maximum atomic E-state index is 12.4. The Morgan fingerprint density at radius 3 is 1.87 bits per heavy atom. The van der Waals surface area contributed by atoms with Crippen LogP contribution < -0.4 is 11.5 Å². The number of nitrogen functional groups attached to an aromatic ring is 2. The number of ether oxygens (including phenoxy) is 2. The van der Waals surface area contributed by atoms with Crippen LogP contribution in [0.4, 0.5) is 11.4 Å². The molecule has 0 saturated heterocycles. The van der Waals surface area contributed by atoms with Gasteiger partial charge in [-0.3, -0.25) is 0 Å². The van der Waals surface area contributed by atoms with Gasteiger partial charge in [-0.05, 0) is 108 Å². The summed E-state index contributed by atoms with van der Waals surface area (Å²) in [5.41, 5.74) is 14.7. The maximum Gasteiger partial charge on any atom is 0.342 e. The van der Waals surface area contributed by atoms with Crippen molar-refractivity contribution in [1.29, 1.82) is 0 Å². The Morgan fingerprint density at radius 2 is 1.36 bits per heavy atom. The normalized spacial score (nSPS) is 15.2. The van der Waals surface area contributed by atoms with Crippen LogP contribution in [0, 0.1) is 0 Å². The minimum Gasteiger partial charge on any atom is -0.462 e. The molecule has 1 fully saturated rings. The number of benzene rings is 2. The van der Waals surface area contributed by atoms with Crippen molar-refractivity contribution in [2.75, 3.05) is 24.7 Å². The van der Waals surface area contributed by atoms with E-state index in [-0.39, 0.29) is 12.6 Å². The van der Waals surface area contributed by atoms with Gasteiger partial charge >= 0.3 is 11.9 Å².